The fourth-order valence-electron chi connectivity index (χ4n) is 6.58. The number of fused-ring (bicyclic) bond motifs is 3. The highest BCUT2D eigenvalue weighted by atomic mass is 16.6. The van der Waals surface area contributed by atoms with E-state index in [9.17, 15) is 24.6 Å². The number of para-hydroxylation sites is 1. The normalized spacial score (nSPS) is 27.0. The molecule has 6 atom stereocenters. The largest absolute Gasteiger partial charge is 0.497 e. The number of benzene rings is 3. The molecular formula is C33H33N3O8. The fraction of sp³-hybridized carbons (Fsp3) is 0.333. The predicted molar refractivity (Wildman–Crippen MR) is 159 cm³/mol. The minimum atomic E-state index is -1.24. The molecule has 3 fully saturated rings. The summed E-state index contributed by atoms with van der Waals surface area (Å²) in [6, 6.07) is 23.0. The Morgan fingerprint density at radius 3 is 2.39 bits per heavy atom. The van der Waals surface area contributed by atoms with Gasteiger partial charge in [-0.3, -0.25) is 9.59 Å². The molecule has 1 saturated heterocycles. The number of anilines is 1. The van der Waals surface area contributed by atoms with Gasteiger partial charge in [-0.15, -0.1) is 0 Å². The molecule has 3 aliphatic rings. The first-order valence-corrected chi connectivity index (χ1v) is 14.5. The van der Waals surface area contributed by atoms with E-state index in [4.69, 9.17) is 14.2 Å². The molecule has 0 radical (unpaired) electrons. The second kappa shape index (κ2) is 12.5. The first-order chi connectivity index (χ1) is 21.3. The van der Waals surface area contributed by atoms with Gasteiger partial charge in [-0.05, 0) is 54.8 Å². The van der Waals surface area contributed by atoms with Crippen LogP contribution in [0.2, 0.25) is 0 Å². The van der Waals surface area contributed by atoms with Crippen LogP contribution in [0.25, 0.3) is 0 Å². The molecular weight excluding hydrogens is 566 g/mol. The monoisotopic (exact) mass is 599 g/mol. The molecule has 1 heterocycles. The van der Waals surface area contributed by atoms with Gasteiger partial charge in [0.15, 0.2) is 0 Å². The number of aliphatic hydroxyl groups excluding tert-OH is 2. The second-order valence-corrected chi connectivity index (χ2v) is 11.2. The van der Waals surface area contributed by atoms with E-state index in [0.717, 1.165) is 10.5 Å². The van der Waals surface area contributed by atoms with Gasteiger partial charge < -0.3 is 24.4 Å². The van der Waals surface area contributed by atoms with Gasteiger partial charge in [0.1, 0.15) is 23.9 Å². The van der Waals surface area contributed by atoms with Crippen molar-refractivity contribution in [2.75, 3.05) is 12.0 Å². The lowest BCUT2D eigenvalue weighted by molar-refractivity contribution is -0.132. The Kier molecular flexibility index (Phi) is 8.32. The van der Waals surface area contributed by atoms with Crippen molar-refractivity contribution in [3.63, 3.8) is 0 Å². The van der Waals surface area contributed by atoms with Crippen LogP contribution < -0.4 is 19.8 Å². The van der Waals surface area contributed by atoms with Crippen LogP contribution in [0.4, 0.5) is 10.5 Å². The summed E-state index contributed by atoms with van der Waals surface area (Å²) in [5, 5.41) is 26.1. The van der Waals surface area contributed by atoms with Crippen LogP contribution in [-0.2, 0) is 20.9 Å². The number of nitrogens with one attached hydrogen (secondary N) is 1. The Morgan fingerprint density at radius 2 is 1.64 bits per heavy atom. The number of nitrogens with zero attached hydrogens (tertiary/aromatic N) is 2. The van der Waals surface area contributed by atoms with Crippen LogP contribution in [0.5, 0.6) is 17.2 Å². The van der Waals surface area contributed by atoms with Gasteiger partial charge in [0.2, 0.25) is 11.8 Å². The summed E-state index contributed by atoms with van der Waals surface area (Å²) in [6.45, 7) is 0.0157. The summed E-state index contributed by atoms with van der Waals surface area (Å²) in [4.78, 5) is 41.1. The summed E-state index contributed by atoms with van der Waals surface area (Å²) in [5.74, 6) is -1.68. The van der Waals surface area contributed by atoms with E-state index >= 15 is 0 Å². The Hall–Kier alpha value is -4.74. The van der Waals surface area contributed by atoms with Gasteiger partial charge >= 0.3 is 6.09 Å². The summed E-state index contributed by atoms with van der Waals surface area (Å²) < 4.78 is 16.3. The predicted octanol–water partition coefficient (Wildman–Crippen LogP) is 4.03. The van der Waals surface area contributed by atoms with Crippen LogP contribution >= 0.6 is 0 Å². The SMILES string of the molecule is COc1ccc(COC(=O)NN=C2C[C@@H](O)[C@@H](O)[C@@H]3[C@@H]4C(=O)N(c5cccc(Oc6ccccc6)c5)C(=O)[C@@H]4CC[C@@H]23)cc1. The molecule has 3 aromatic carbocycles. The lowest BCUT2D eigenvalue weighted by Crippen LogP contribution is -2.55. The fourth-order valence-corrected chi connectivity index (χ4v) is 6.58. The number of imide groups is 1. The number of carbonyl (C=O) groups is 3. The van der Waals surface area contributed by atoms with Crippen molar-refractivity contribution >= 4 is 29.3 Å². The van der Waals surface area contributed by atoms with Crippen LogP contribution in [0.1, 0.15) is 24.8 Å². The van der Waals surface area contributed by atoms with E-state index in [1.54, 1.807) is 67.8 Å². The van der Waals surface area contributed by atoms with E-state index in [1.165, 1.54) is 0 Å². The van der Waals surface area contributed by atoms with E-state index in [2.05, 4.69) is 10.5 Å². The molecule has 3 amide bonds. The van der Waals surface area contributed by atoms with Crippen molar-refractivity contribution in [3.8, 4) is 17.2 Å². The number of hydrogen-bond acceptors (Lipinski definition) is 9. The minimum absolute atomic E-state index is 0.0157. The highest BCUT2D eigenvalue weighted by Gasteiger charge is 2.60. The summed E-state index contributed by atoms with van der Waals surface area (Å²) in [6.07, 6.45) is -2.36. The third kappa shape index (κ3) is 5.76. The number of carbonyl (C=O) groups excluding carboxylic acids is 3. The minimum Gasteiger partial charge on any atom is -0.497 e. The van der Waals surface area contributed by atoms with Crippen molar-refractivity contribution in [2.45, 2.75) is 38.1 Å². The maximum absolute atomic E-state index is 13.9. The van der Waals surface area contributed by atoms with Crippen molar-refractivity contribution < 1.29 is 38.8 Å². The number of hydrogen-bond donors (Lipinski definition) is 3. The van der Waals surface area contributed by atoms with Crippen molar-refractivity contribution in [2.24, 2.45) is 28.8 Å². The zero-order valence-corrected chi connectivity index (χ0v) is 24.0. The average Bonchev–Trinajstić information content (AvgIpc) is 3.30. The highest BCUT2D eigenvalue weighted by molar-refractivity contribution is 6.22. The highest BCUT2D eigenvalue weighted by Crippen LogP contribution is 2.50. The molecule has 6 rings (SSSR count). The van der Waals surface area contributed by atoms with Gasteiger partial charge in [0.05, 0.1) is 36.8 Å². The standard InChI is InChI=1S/C33H33N3O8/c1-42-21-12-10-19(11-13-21)18-43-33(41)35-34-26-17-27(37)30(38)28-24(26)14-15-25-29(28)32(40)36(31(25)39)20-6-5-9-23(16-20)44-22-7-3-2-4-8-22/h2-13,16,24-25,27-30,37-38H,14-15,17-18H2,1H3,(H,35,41)/t24-,25+,27+,28-,29+,30+/m0/s1. The number of rotatable bonds is 7. The molecule has 228 valence electrons. The van der Waals surface area contributed by atoms with Gasteiger partial charge in [0, 0.05) is 30.0 Å². The zero-order chi connectivity index (χ0) is 30.8. The number of methoxy groups -OCH3 is 1. The molecule has 3 N–H and O–H groups in total. The van der Waals surface area contributed by atoms with E-state index in [0.29, 0.717) is 41.5 Å². The summed E-state index contributed by atoms with van der Waals surface area (Å²) in [7, 11) is 1.56. The van der Waals surface area contributed by atoms with Gasteiger partial charge in [-0.1, -0.05) is 36.4 Å². The van der Waals surface area contributed by atoms with Crippen molar-refractivity contribution in [3.05, 3.63) is 84.4 Å². The van der Waals surface area contributed by atoms with Crippen molar-refractivity contribution in [1.29, 1.82) is 0 Å². The smallest absolute Gasteiger partial charge is 0.428 e. The maximum Gasteiger partial charge on any atom is 0.428 e. The number of hydrazone groups is 1. The van der Waals surface area contributed by atoms with Crippen LogP contribution in [-0.4, -0.2) is 53.2 Å². The molecule has 11 heteroatoms. The molecule has 0 spiro atoms. The lowest BCUT2D eigenvalue weighted by Gasteiger charge is -2.45. The molecule has 0 bridgehead atoms. The maximum atomic E-state index is 13.9. The third-order valence-corrected chi connectivity index (χ3v) is 8.65. The van der Waals surface area contributed by atoms with Crippen molar-refractivity contribution in [1.82, 2.24) is 5.43 Å². The average molecular weight is 600 g/mol. The molecule has 11 nitrogen and oxygen atoms in total. The first-order valence-electron chi connectivity index (χ1n) is 14.5. The quantitative estimate of drug-likeness (QED) is 0.273. The first kappa shape index (κ1) is 29.3. The number of aliphatic hydroxyl groups is 2. The van der Waals surface area contributed by atoms with Crippen LogP contribution in [0.3, 0.4) is 0 Å². The van der Waals surface area contributed by atoms with Gasteiger partial charge in [-0.2, -0.15) is 5.10 Å². The Bertz CT molecular complexity index is 1560. The molecule has 0 aromatic heterocycles. The lowest BCUT2D eigenvalue weighted by atomic mass is 9.60. The van der Waals surface area contributed by atoms with E-state index in [1.807, 2.05) is 18.2 Å². The number of ether oxygens (including phenoxy) is 3. The number of amides is 3. The second-order valence-electron chi connectivity index (χ2n) is 11.2. The zero-order valence-electron chi connectivity index (χ0n) is 24.0. The molecule has 44 heavy (non-hydrogen) atoms. The Labute approximate surface area is 254 Å². The Morgan fingerprint density at radius 1 is 0.909 bits per heavy atom. The van der Waals surface area contributed by atoms with Crippen LogP contribution in [0.15, 0.2) is 84.0 Å². The summed E-state index contributed by atoms with van der Waals surface area (Å²) in [5.41, 5.74) is 3.97. The molecule has 2 aliphatic carbocycles. The third-order valence-electron chi connectivity index (χ3n) is 8.65. The van der Waals surface area contributed by atoms with Gasteiger partial charge in [0.25, 0.3) is 0 Å². The molecule has 0 unspecified atom stereocenters. The van der Waals surface area contributed by atoms with Gasteiger partial charge in [-0.25, -0.2) is 15.1 Å². The molecule has 1 aliphatic heterocycles. The topological polar surface area (TPSA) is 147 Å². The molecule has 2 saturated carbocycles. The van der Waals surface area contributed by atoms with E-state index in [-0.39, 0.29) is 18.9 Å². The van der Waals surface area contributed by atoms with E-state index < -0.39 is 47.9 Å². The molecule has 3 aromatic rings. The van der Waals surface area contributed by atoms with Crippen LogP contribution in [0, 0.1) is 23.7 Å². The summed E-state index contributed by atoms with van der Waals surface area (Å²) >= 11 is 0. The Balaban J connectivity index is 1.17.